The molecular weight excluding hydrogens is 294 g/mol. The number of nitrogens with zero attached hydrogens (tertiary/aromatic N) is 5. The number of hydrogen-bond donors (Lipinski definition) is 0. The second-order valence-corrected chi connectivity index (χ2v) is 5.72. The zero-order chi connectivity index (χ0) is 15.1. The van der Waals surface area contributed by atoms with Crippen molar-refractivity contribution in [3.63, 3.8) is 0 Å². The molecule has 0 spiro atoms. The highest BCUT2D eigenvalue weighted by Crippen LogP contribution is 2.24. The minimum atomic E-state index is -0.178. The molecule has 0 saturated heterocycles. The van der Waals surface area contributed by atoms with E-state index in [0.29, 0.717) is 37.1 Å². The molecule has 9 heteroatoms. The minimum Gasteiger partial charge on any atom is -0.466 e. The third-order valence-electron chi connectivity index (χ3n) is 2.57. The Hall–Kier alpha value is -1.90. The Labute approximate surface area is 126 Å². The number of thioether (sulfide) groups is 1. The molecule has 0 unspecified atom stereocenters. The zero-order valence-electron chi connectivity index (χ0n) is 11.9. The number of carbonyl (C=O) groups is 1. The highest BCUT2D eigenvalue weighted by atomic mass is 32.2. The van der Waals surface area contributed by atoms with Gasteiger partial charge in [-0.2, -0.15) is 5.10 Å². The van der Waals surface area contributed by atoms with Gasteiger partial charge in [0.05, 0.1) is 6.61 Å². The summed E-state index contributed by atoms with van der Waals surface area (Å²) in [5.41, 5.74) is 0. The van der Waals surface area contributed by atoms with E-state index in [0.717, 1.165) is 0 Å². The Morgan fingerprint density at radius 2 is 2.38 bits per heavy atom. The summed E-state index contributed by atoms with van der Waals surface area (Å²) in [4.78, 5) is 15.1. The van der Waals surface area contributed by atoms with Crippen LogP contribution in [0.4, 0.5) is 0 Å². The number of hydrogen-bond acceptors (Lipinski definition) is 8. The van der Waals surface area contributed by atoms with Gasteiger partial charge in [-0.1, -0.05) is 18.7 Å². The van der Waals surface area contributed by atoms with Gasteiger partial charge >= 0.3 is 5.97 Å². The fourth-order valence-electron chi connectivity index (χ4n) is 1.59. The van der Waals surface area contributed by atoms with Crippen molar-refractivity contribution in [3.8, 4) is 0 Å². The maximum atomic E-state index is 11.3. The van der Waals surface area contributed by atoms with Crippen LogP contribution in [0, 0.1) is 0 Å². The van der Waals surface area contributed by atoms with E-state index in [4.69, 9.17) is 9.15 Å². The van der Waals surface area contributed by atoms with Crippen LogP contribution in [0.1, 0.15) is 32.6 Å². The predicted molar refractivity (Wildman–Crippen MR) is 74.6 cm³/mol. The van der Waals surface area contributed by atoms with Crippen LogP contribution in [0.2, 0.25) is 0 Å². The van der Waals surface area contributed by atoms with Crippen molar-refractivity contribution in [1.82, 2.24) is 25.0 Å². The van der Waals surface area contributed by atoms with Gasteiger partial charge in [-0.15, -0.1) is 10.2 Å². The summed E-state index contributed by atoms with van der Waals surface area (Å²) < 4.78 is 12.0. The number of carbonyl (C=O) groups excluding carboxylic acids is 1. The molecule has 0 aliphatic rings. The van der Waals surface area contributed by atoms with Gasteiger partial charge in [0.1, 0.15) is 19.2 Å². The molecule has 0 aliphatic heterocycles. The van der Waals surface area contributed by atoms with E-state index >= 15 is 0 Å². The highest BCUT2D eigenvalue weighted by Gasteiger charge is 2.13. The van der Waals surface area contributed by atoms with E-state index in [1.165, 1.54) is 18.1 Å². The fraction of sp³-hybridized carbons (Fsp3) is 0.583. The Kier molecular flexibility index (Phi) is 5.73. The van der Waals surface area contributed by atoms with Gasteiger partial charge in [0.25, 0.3) is 5.22 Å². The summed E-state index contributed by atoms with van der Waals surface area (Å²) in [6, 6.07) is 0. The first-order valence-corrected chi connectivity index (χ1v) is 7.52. The van der Waals surface area contributed by atoms with Crippen LogP contribution >= 0.6 is 11.8 Å². The molecule has 1 atom stereocenters. The van der Waals surface area contributed by atoms with Crippen molar-refractivity contribution in [2.75, 3.05) is 6.61 Å². The number of aromatic nitrogens is 5. The lowest BCUT2D eigenvalue weighted by molar-refractivity contribution is -0.143. The Morgan fingerprint density at radius 1 is 1.52 bits per heavy atom. The average molecular weight is 311 g/mol. The molecule has 0 saturated carbocycles. The molecule has 2 heterocycles. The second-order valence-electron chi connectivity index (χ2n) is 4.33. The van der Waals surface area contributed by atoms with Crippen molar-refractivity contribution in [2.24, 2.45) is 0 Å². The van der Waals surface area contributed by atoms with Crippen LogP contribution in [-0.4, -0.2) is 42.8 Å². The molecular formula is C12H17N5O3S. The van der Waals surface area contributed by atoms with Crippen LogP contribution < -0.4 is 0 Å². The third kappa shape index (κ3) is 5.18. The number of esters is 1. The monoisotopic (exact) mass is 311 g/mol. The molecule has 0 bridgehead atoms. The van der Waals surface area contributed by atoms with Crippen molar-refractivity contribution in [2.45, 2.75) is 43.7 Å². The molecule has 0 radical (unpaired) electrons. The predicted octanol–water partition coefficient (Wildman–Crippen LogP) is 1.53. The largest absolute Gasteiger partial charge is 0.466 e. The van der Waals surface area contributed by atoms with Gasteiger partial charge < -0.3 is 9.15 Å². The Bertz CT molecular complexity index is 557. The summed E-state index contributed by atoms with van der Waals surface area (Å²) in [5.74, 6) is 0.294. The van der Waals surface area contributed by atoms with Gasteiger partial charge in [0, 0.05) is 11.7 Å². The Balaban J connectivity index is 1.77. The summed E-state index contributed by atoms with van der Waals surface area (Å²) in [5, 5.41) is 12.6. The van der Waals surface area contributed by atoms with Crippen LogP contribution in [-0.2, 0) is 16.1 Å². The van der Waals surface area contributed by atoms with Crippen LogP contribution in [0.25, 0.3) is 0 Å². The van der Waals surface area contributed by atoms with E-state index < -0.39 is 0 Å². The lowest BCUT2D eigenvalue weighted by Crippen LogP contribution is -2.07. The van der Waals surface area contributed by atoms with E-state index in [-0.39, 0.29) is 11.2 Å². The molecule has 2 rings (SSSR count). The topological polar surface area (TPSA) is 95.9 Å². The van der Waals surface area contributed by atoms with E-state index in [1.807, 2.05) is 6.92 Å². The molecule has 0 amide bonds. The van der Waals surface area contributed by atoms with Crippen molar-refractivity contribution in [3.05, 3.63) is 18.5 Å². The molecule has 2 aromatic heterocycles. The summed E-state index contributed by atoms with van der Waals surface area (Å²) >= 11 is 1.44. The van der Waals surface area contributed by atoms with Gasteiger partial charge in [0.15, 0.2) is 0 Å². The van der Waals surface area contributed by atoms with Crippen LogP contribution in [0.5, 0.6) is 0 Å². The maximum absolute atomic E-state index is 11.3. The molecule has 0 aliphatic carbocycles. The average Bonchev–Trinajstić information content (AvgIpc) is 3.10. The van der Waals surface area contributed by atoms with Crippen molar-refractivity contribution < 1.29 is 13.9 Å². The molecule has 114 valence electrons. The molecule has 0 N–H and O–H groups in total. The van der Waals surface area contributed by atoms with E-state index in [1.54, 1.807) is 17.9 Å². The zero-order valence-corrected chi connectivity index (χ0v) is 12.7. The van der Waals surface area contributed by atoms with E-state index in [9.17, 15) is 4.79 Å². The molecule has 2 aromatic rings. The van der Waals surface area contributed by atoms with Crippen molar-refractivity contribution >= 4 is 17.7 Å². The van der Waals surface area contributed by atoms with Gasteiger partial charge in [0.2, 0.25) is 5.89 Å². The van der Waals surface area contributed by atoms with Crippen LogP contribution in [0.3, 0.4) is 0 Å². The number of ether oxygens (including phenoxy) is 1. The number of rotatable bonds is 8. The first-order chi connectivity index (χ1) is 10.2. The maximum Gasteiger partial charge on any atom is 0.305 e. The highest BCUT2D eigenvalue weighted by molar-refractivity contribution is 7.99. The van der Waals surface area contributed by atoms with Gasteiger partial charge in [-0.3, -0.25) is 4.79 Å². The quantitative estimate of drug-likeness (QED) is 0.535. The standard InChI is InChI=1S/C12H17N5O3S/c1-3-19-11(18)5-4-9(2)21-12-16-15-10(20-12)6-17-8-13-7-14-17/h7-9H,3-6H2,1-2H3/t9-/m1/s1. The smallest absolute Gasteiger partial charge is 0.305 e. The summed E-state index contributed by atoms with van der Waals surface area (Å²) in [7, 11) is 0. The van der Waals surface area contributed by atoms with E-state index in [2.05, 4.69) is 20.3 Å². The fourth-order valence-corrected chi connectivity index (χ4v) is 2.40. The first kappa shape index (κ1) is 15.5. The molecule has 21 heavy (non-hydrogen) atoms. The summed E-state index contributed by atoms with van der Waals surface area (Å²) in [6.07, 6.45) is 4.12. The third-order valence-corrected chi connectivity index (χ3v) is 3.58. The second kappa shape index (κ2) is 7.77. The lowest BCUT2D eigenvalue weighted by atomic mass is 10.2. The summed E-state index contributed by atoms with van der Waals surface area (Å²) in [6.45, 7) is 4.61. The molecule has 0 fully saturated rings. The normalized spacial score (nSPS) is 12.3. The molecule has 0 aromatic carbocycles. The van der Waals surface area contributed by atoms with Crippen molar-refractivity contribution in [1.29, 1.82) is 0 Å². The van der Waals surface area contributed by atoms with Gasteiger partial charge in [-0.05, 0) is 13.3 Å². The SMILES string of the molecule is CCOC(=O)CC[C@@H](C)Sc1nnc(Cn2cncn2)o1. The van der Waals surface area contributed by atoms with Crippen LogP contribution in [0.15, 0.2) is 22.3 Å². The first-order valence-electron chi connectivity index (χ1n) is 6.64. The minimum absolute atomic E-state index is 0.178. The molecule has 8 nitrogen and oxygen atoms in total. The lowest BCUT2D eigenvalue weighted by Gasteiger charge is -2.07. The Morgan fingerprint density at radius 3 is 3.10 bits per heavy atom. The van der Waals surface area contributed by atoms with Gasteiger partial charge in [-0.25, -0.2) is 9.67 Å².